The van der Waals surface area contributed by atoms with Gasteiger partial charge in [-0.2, -0.15) is 23.3 Å². The number of hydrogen-bond donors (Lipinski definition) is 3. The molecule has 0 bridgehead atoms. The number of hydrogen-bond acceptors (Lipinski definition) is 12. The van der Waals surface area contributed by atoms with Crippen LogP contribution in [-0.4, -0.2) is 115 Å². The first-order chi connectivity index (χ1) is 25.9. The zero-order valence-electron chi connectivity index (χ0n) is 29.9. The summed E-state index contributed by atoms with van der Waals surface area (Å²) in [5, 5.41) is 10.7. The molecule has 2 aromatic carbocycles. The van der Waals surface area contributed by atoms with E-state index < -0.39 is 23.8 Å². The summed E-state index contributed by atoms with van der Waals surface area (Å²) in [5.41, 5.74) is 4.63. The van der Waals surface area contributed by atoms with E-state index in [4.69, 9.17) is 4.74 Å². The summed E-state index contributed by atoms with van der Waals surface area (Å²) in [6.07, 6.45) is 7.04. The molecule has 0 aliphatic carbocycles. The minimum atomic E-state index is -4.57. The normalized spacial score (nSPS) is 16.8. The maximum absolute atomic E-state index is 13.6. The third kappa shape index (κ3) is 8.85. The summed E-state index contributed by atoms with van der Waals surface area (Å²) in [7, 11) is 2.52. The molecular formula is C35H40BrF3N12O2S. The van der Waals surface area contributed by atoms with Crippen LogP contribution in [0, 0.1) is 0 Å². The quantitative estimate of drug-likeness (QED) is 0.145. The van der Waals surface area contributed by atoms with Crippen molar-refractivity contribution < 1.29 is 22.1 Å². The van der Waals surface area contributed by atoms with Gasteiger partial charge in [0.1, 0.15) is 28.1 Å². The van der Waals surface area contributed by atoms with Crippen molar-refractivity contribution in [3.63, 3.8) is 0 Å². The number of anilines is 6. The maximum Gasteiger partial charge on any atom is 0.422 e. The van der Waals surface area contributed by atoms with Gasteiger partial charge in [-0.3, -0.25) is 19.5 Å². The fraction of sp³-hybridized carbons (Fsp3) is 0.400. The van der Waals surface area contributed by atoms with Crippen LogP contribution in [0.3, 0.4) is 0 Å². The third-order valence-corrected chi connectivity index (χ3v) is 10.6. The highest BCUT2D eigenvalue weighted by molar-refractivity contribution is 9.10. The molecule has 5 aromatic rings. The number of nitrogens with one attached hydrogen (secondary N) is 3. The molecule has 54 heavy (non-hydrogen) atoms. The zero-order valence-corrected chi connectivity index (χ0v) is 32.3. The van der Waals surface area contributed by atoms with Gasteiger partial charge in [0.2, 0.25) is 5.95 Å². The number of alkyl halides is 3. The van der Waals surface area contributed by atoms with Crippen molar-refractivity contribution in [2.45, 2.75) is 25.1 Å². The van der Waals surface area contributed by atoms with E-state index in [0.29, 0.717) is 38.7 Å². The van der Waals surface area contributed by atoms with Crippen LogP contribution < -0.4 is 25.0 Å². The van der Waals surface area contributed by atoms with Crippen molar-refractivity contribution in [2.75, 3.05) is 79.4 Å². The van der Waals surface area contributed by atoms with Crippen LogP contribution in [-0.2, 0) is 18.0 Å². The monoisotopic (exact) mass is 828 g/mol. The van der Waals surface area contributed by atoms with Crippen molar-refractivity contribution in [3.05, 3.63) is 59.7 Å². The molecule has 0 radical (unpaired) electrons. The number of aryl methyl sites for hydroxylation is 1. The number of aromatic nitrogens is 6. The molecule has 2 aliphatic rings. The smallest absolute Gasteiger partial charge is 0.422 e. The molecular weight excluding hydrogens is 789 g/mol. The van der Waals surface area contributed by atoms with Gasteiger partial charge in [-0.15, -0.1) is 0 Å². The van der Waals surface area contributed by atoms with Crippen molar-refractivity contribution >= 4 is 72.5 Å². The van der Waals surface area contributed by atoms with E-state index in [2.05, 4.69) is 78.1 Å². The molecule has 1 atom stereocenters. The van der Waals surface area contributed by atoms with Gasteiger partial charge in [-0.25, -0.2) is 9.19 Å². The molecule has 3 aromatic heterocycles. The first-order valence-electron chi connectivity index (χ1n) is 17.3. The molecule has 0 spiro atoms. The fourth-order valence-corrected chi connectivity index (χ4v) is 7.59. The lowest BCUT2D eigenvalue weighted by Gasteiger charge is -2.43. The van der Waals surface area contributed by atoms with Gasteiger partial charge in [0.05, 0.1) is 33.2 Å². The average Bonchev–Trinajstić information content (AvgIpc) is 3.59. The number of piperazine rings is 1. The highest BCUT2D eigenvalue weighted by Crippen LogP contribution is 2.42. The van der Waals surface area contributed by atoms with Gasteiger partial charge < -0.3 is 29.9 Å². The Kier molecular flexibility index (Phi) is 11.2. The van der Waals surface area contributed by atoms with Crippen molar-refractivity contribution in [1.82, 2.24) is 39.5 Å². The number of rotatable bonds is 11. The van der Waals surface area contributed by atoms with E-state index in [9.17, 15) is 17.4 Å². The molecule has 14 nitrogen and oxygen atoms in total. The van der Waals surface area contributed by atoms with Crippen LogP contribution in [0.4, 0.5) is 47.7 Å². The van der Waals surface area contributed by atoms with E-state index in [1.54, 1.807) is 47.5 Å². The van der Waals surface area contributed by atoms with Crippen molar-refractivity contribution in [2.24, 2.45) is 7.05 Å². The van der Waals surface area contributed by atoms with Gasteiger partial charge in [-0.1, -0.05) is 0 Å². The lowest BCUT2D eigenvalue weighted by Crippen LogP contribution is -2.52. The van der Waals surface area contributed by atoms with E-state index in [0.717, 1.165) is 68.9 Å². The number of fused-ring (bicyclic) bond motifs is 1. The minimum absolute atomic E-state index is 0.00204. The number of piperidine rings is 1. The largest absolute Gasteiger partial charge is 0.482 e. The first-order valence-corrected chi connectivity index (χ1v) is 19.7. The lowest BCUT2D eigenvalue weighted by molar-refractivity contribution is -0.153. The summed E-state index contributed by atoms with van der Waals surface area (Å²) < 4.78 is 63.7. The summed E-state index contributed by atoms with van der Waals surface area (Å²) in [4.78, 5) is 24.9. The summed E-state index contributed by atoms with van der Waals surface area (Å²) in [6.45, 7) is 4.14. The molecule has 19 heteroatoms. The van der Waals surface area contributed by atoms with E-state index >= 15 is 0 Å². The number of nitrogens with zero attached hydrogens (tertiary/aromatic N) is 9. The van der Waals surface area contributed by atoms with Gasteiger partial charge in [0, 0.05) is 106 Å². The average molecular weight is 830 g/mol. The van der Waals surface area contributed by atoms with Crippen molar-refractivity contribution in [1.29, 1.82) is 0 Å². The summed E-state index contributed by atoms with van der Waals surface area (Å²) in [6, 6.07) is 7.41. The lowest BCUT2D eigenvalue weighted by atomic mass is 9.98. The molecule has 2 aliphatic heterocycles. The second kappa shape index (κ2) is 16.0. The van der Waals surface area contributed by atoms with Crippen molar-refractivity contribution in [3.8, 4) is 16.9 Å². The standard InChI is InChI=1S/C35H40BrF3N12O2S/c1-48-12-14-50(15-13-48)23-6-10-51(11-7-23)29-17-30(53-21-35(37,38)39)28(16-24(29)22-18-43-49(2)20-22)45-34-42-19-25(36)33(46-34)44-27-5-4-26-31(41-9-8-40-26)32(27)47-54(3)52/h4-5,8-9,16-20,23,47H,6-7,10-15,21H2,1-3H3,(H2,42,44,45,46). The van der Waals surface area contributed by atoms with Crippen LogP contribution in [0.2, 0.25) is 0 Å². The number of benzene rings is 2. The first kappa shape index (κ1) is 37.7. The molecule has 5 heterocycles. The molecule has 0 amide bonds. The molecule has 2 fully saturated rings. The van der Waals surface area contributed by atoms with Gasteiger partial charge in [0.25, 0.3) is 0 Å². The fourth-order valence-electron chi connectivity index (χ4n) is 6.81. The maximum atomic E-state index is 13.6. The SMILES string of the molecule is CN1CCN(C2CCN(c3cc(OCC(F)(F)F)c(Nc4ncc(Br)c(Nc5ccc6nccnc6c5NS(C)=O)n4)cc3-c3cnn(C)c3)CC2)CC1. The van der Waals surface area contributed by atoms with Gasteiger partial charge >= 0.3 is 6.18 Å². The molecule has 286 valence electrons. The predicted octanol–water partition coefficient (Wildman–Crippen LogP) is 5.93. The zero-order chi connectivity index (χ0) is 38.0. The van der Waals surface area contributed by atoms with E-state index in [1.165, 1.54) is 12.5 Å². The van der Waals surface area contributed by atoms with Gasteiger partial charge in [-0.05, 0) is 54.0 Å². The Hall–Kier alpha value is -4.59. The van der Waals surface area contributed by atoms with E-state index in [1.807, 2.05) is 13.2 Å². The van der Waals surface area contributed by atoms with E-state index in [-0.39, 0.29) is 17.4 Å². The Bertz CT molecular complexity index is 2140. The Labute approximate surface area is 321 Å². The Morgan fingerprint density at radius 3 is 2.43 bits per heavy atom. The molecule has 1 unspecified atom stereocenters. The molecule has 3 N–H and O–H groups in total. The number of halogens is 4. The Balaban J connectivity index is 1.22. The summed E-state index contributed by atoms with van der Waals surface area (Å²) in [5.74, 6) is 0.414. The predicted molar refractivity (Wildman–Crippen MR) is 208 cm³/mol. The molecule has 0 saturated carbocycles. The number of likely N-dealkylation sites (N-methyl/N-ethyl adjacent to an activating group) is 1. The van der Waals surface area contributed by atoms with Crippen LogP contribution >= 0.6 is 15.9 Å². The molecule has 7 rings (SSSR count). The van der Waals surface area contributed by atoms with Crippen LogP contribution in [0.25, 0.3) is 22.2 Å². The second-order valence-corrected chi connectivity index (χ2v) is 15.3. The van der Waals surface area contributed by atoms with Crippen LogP contribution in [0.1, 0.15) is 12.8 Å². The highest BCUT2D eigenvalue weighted by atomic mass is 79.9. The Morgan fingerprint density at radius 1 is 0.963 bits per heavy atom. The van der Waals surface area contributed by atoms with Crippen LogP contribution in [0.5, 0.6) is 5.75 Å². The second-order valence-electron chi connectivity index (χ2n) is 13.3. The van der Waals surface area contributed by atoms with Gasteiger partial charge in [0.15, 0.2) is 6.61 Å². The Morgan fingerprint density at radius 2 is 1.72 bits per heavy atom. The van der Waals surface area contributed by atoms with Crippen LogP contribution in [0.15, 0.2) is 59.7 Å². The molecule has 2 saturated heterocycles. The number of ether oxygens (including phenoxy) is 1. The minimum Gasteiger partial charge on any atom is -0.482 e. The summed E-state index contributed by atoms with van der Waals surface area (Å²) >= 11 is 3.50. The highest BCUT2D eigenvalue weighted by Gasteiger charge is 2.31. The third-order valence-electron chi connectivity index (χ3n) is 9.49. The topological polar surface area (TPSA) is 141 Å².